The van der Waals surface area contributed by atoms with Gasteiger partial charge in [-0.15, -0.1) is 0 Å². The standard InChI is InChI=1S/C13H24O/c1-2-3-4-5-6-7-9-12-10-8-11-13(12)14/h12H,2-11H2,1H3/t12-/m0/s1. The Morgan fingerprint density at radius 2 is 1.86 bits per heavy atom. The second kappa shape index (κ2) is 7.03. The highest BCUT2D eigenvalue weighted by molar-refractivity contribution is 5.82. The summed E-state index contributed by atoms with van der Waals surface area (Å²) in [4.78, 5) is 11.3. The summed E-state index contributed by atoms with van der Waals surface area (Å²) < 4.78 is 0. The highest BCUT2D eigenvalue weighted by atomic mass is 16.1. The lowest BCUT2D eigenvalue weighted by Gasteiger charge is -2.06. The lowest BCUT2D eigenvalue weighted by atomic mass is 9.98. The number of carbonyl (C=O) groups excluding carboxylic acids is 1. The van der Waals surface area contributed by atoms with Crippen LogP contribution in [0.5, 0.6) is 0 Å². The van der Waals surface area contributed by atoms with E-state index in [2.05, 4.69) is 6.92 Å². The number of ketones is 1. The third-order valence-electron chi connectivity index (χ3n) is 3.34. The van der Waals surface area contributed by atoms with E-state index in [0.29, 0.717) is 11.7 Å². The lowest BCUT2D eigenvalue weighted by molar-refractivity contribution is -0.120. The lowest BCUT2D eigenvalue weighted by Crippen LogP contribution is -2.05. The van der Waals surface area contributed by atoms with Gasteiger partial charge in [0.1, 0.15) is 5.78 Å². The van der Waals surface area contributed by atoms with Crippen LogP contribution in [0.4, 0.5) is 0 Å². The fourth-order valence-electron chi connectivity index (χ4n) is 2.36. The van der Waals surface area contributed by atoms with Crippen molar-refractivity contribution >= 4 is 5.78 Å². The molecule has 0 bridgehead atoms. The zero-order valence-corrected chi connectivity index (χ0v) is 9.56. The fourth-order valence-corrected chi connectivity index (χ4v) is 2.36. The molecule has 82 valence electrons. The monoisotopic (exact) mass is 196 g/mol. The molecule has 1 aliphatic rings. The van der Waals surface area contributed by atoms with E-state index >= 15 is 0 Å². The first kappa shape index (κ1) is 11.7. The SMILES string of the molecule is CCCCCCCC[C@H]1CCCC1=O. The zero-order chi connectivity index (χ0) is 10.2. The summed E-state index contributed by atoms with van der Waals surface area (Å²) in [6.07, 6.45) is 12.4. The molecule has 0 heterocycles. The van der Waals surface area contributed by atoms with E-state index in [9.17, 15) is 4.79 Å². The van der Waals surface area contributed by atoms with Crippen LogP contribution in [0.3, 0.4) is 0 Å². The van der Waals surface area contributed by atoms with E-state index < -0.39 is 0 Å². The molecule has 0 amide bonds. The quantitative estimate of drug-likeness (QED) is 0.560. The van der Waals surface area contributed by atoms with Crippen LogP contribution in [0.2, 0.25) is 0 Å². The van der Waals surface area contributed by atoms with Crippen molar-refractivity contribution in [3.05, 3.63) is 0 Å². The Bertz CT molecular complexity index is 163. The number of rotatable bonds is 7. The molecule has 0 aliphatic heterocycles. The van der Waals surface area contributed by atoms with Crippen LogP contribution in [0.15, 0.2) is 0 Å². The predicted octanol–water partition coefficient (Wildman–Crippen LogP) is 4.11. The molecular weight excluding hydrogens is 172 g/mol. The van der Waals surface area contributed by atoms with Crippen LogP contribution in [0.1, 0.15) is 71.1 Å². The van der Waals surface area contributed by atoms with Crippen molar-refractivity contribution in [2.45, 2.75) is 71.1 Å². The Balaban J connectivity index is 1.90. The molecule has 1 aliphatic carbocycles. The largest absolute Gasteiger partial charge is 0.299 e. The third kappa shape index (κ3) is 4.26. The van der Waals surface area contributed by atoms with Crippen LogP contribution in [0, 0.1) is 5.92 Å². The molecular formula is C13H24O. The van der Waals surface area contributed by atoms with Crippen molar-refractivity contribution in [1.82, 2.24) is 0 Å². The maximum atomic E-state index is 11.3. The summed E-state index contributed by atoms with van der Waals surface area (Å²) in [7, 11) is 0. The molecule has 1 saturated carbocycles. The summed E-state index contributed by atoms with van der Waals surface area (Å²) in [6.45, 7) is 2.25. The highest BCUT2D eigenvalue weighted by Gasteiger charge is 2.23. The van der Waals surface area contributed by atoms with Crippen LogP contribution in [0.25, 0.3) is 0 Å². The van der Waals surface area contributed by atoms with Gasteiger partial charge in [0.15, 0.2) is 0 Å². The number of unbranched alkanes of at least 4 members (excludes halogenated alkanes) is 5. The topological polar surface area (TPSA) is 17.1 Å². The third-order valence-corrected chi connectivity index (χ3v) is 3.34. The molecule has 1 rings (SSSR count). The van der Waals surface area contributed by atoms with Gasteiger partial charge in [0.05, 0.1) is 0 Å². The summed E-state index contributed by atoms with van der Waals surface area (Å²) in [5.41, 5.74) is 0. The van der Waals surface area contributed by atoms with Gasteiger partial charge in [0.25, 0.3) is 0 Å². The first-order chi connectivity index (χ1) is 6.84. The van der Waals surface area contributed by atoms with Gasteiger partial charge in [-0.2, -0.15) is 0 Å². The van der Waals surface area contributed by atoms with Gasteiger partial charge >= 0.3 is 0 Å². The van der Waals surface area contributed by atoms with Crippen molar-refractivity contribution in [1.29, 1.82) is 0 Å². The fraction of sp³-hybridized carbons (Fsp3) is 0.923. The van der Waals surface area contributed by atoms with E-state index in [1.165, 1.54) is 51.4 Å². The van der Waals surface area contributed by atoms with Crippen LogP contribution in [-0.4, -0.2) is 5.78 Å². The zero-order valence-electron chi connectivity index (χ0n) is 9.56. The van der Waals surface area contributed by atoms with E-state index in [4.69, 9.17) is 0 Å². The maximum absolute atomic E-state index is 11.3. The molecule has 0 spiro atoms. The molecule has 14 heavy (non-hydrogen) atoms. The summed E-state index contributed by atoms with van der Waals surface area (Å²) in [5.74, 6) is 0.986. The molecule has 1 fully saturated rings. The maximum Gasteiger partial charge on any atom is 0.135 e. The Morgan fingerprint density at radius 1 is 1.14 bits per heavy atom. The summed E-state index contributed by atoms with van der Waals surface area (Å²) >= 11 is 0. The number of carbonyl (C=O) groups is 1. The molecule has 1 nitrogen and oxygen atoms in total. The second-order valence-electron chi connectivity index (χ2n) is 4.61. The summed E-state index contributed by atoms with van der Waals surface area (Å²) in [5, 5.41) is 0. The predicted molar refractivity (Wildman–Crippen MR) is 60.3 cm³/mol. The van der Waals surface area contributed by atoms with Gasteiger partial charge in [0.2, 0.25) is 0 Å². The Morgan fingerprint density at radius 3 is 2.50 bits per heavy atom. The van der Waals surface area contributed by atoms with Crippen molar-refractivity contribution in [2.24, 2.45) is 5.92 Å². The highest BCUT2D eigenvalue weighted by Crippen LogP contribution is 2.26. The molecule has 0 radical (unpaired) electrons. The van der Waals surface area contributed by atoms with Gasteiger partial charge in [-0.3, -0.25) is 4.79 Å². The minimum atomic E-state index is 0.446. The van der Waals surface area contributed by atoms with Gasteiger partial charge in [-0.1, -0.05) is 45.4 Å². The molecule has 0 aromatic carbocycles. The van der Waals surface area contributed by atoms with Gasteiger partial charge in [-0.25, -0.2) is 0 Å². The van der Waals surface area contributed by atoms with Crippen LogP contribution < -0.4 is 0 Å². The second-order valence-corrected chi connectivity index (χ2v) is 4.61. The van der Waals surface area contributed by atoms with Crippen LogP contribution in [-0.2, 0) is 4.79 Å². The number of hydrogen-bond donors (Lipinski definition) is 0. The average Bonchev–Trinajstić information content (AvgIpc) is 2.58. The van der Waals surface area contributed by atoms with E-state index in [-0.39, 0.29) is 0 Å². The molecule has 0 saturated heterocycles. The molecule has 0 N–H and O–H groups in total. The summed E-state index contributed by atoms with van der Waals surface area (Å²) in [6, 6.07) is 0. The molecule has 0 aromatic heterocycles. The minimum absolute atomic E-state index is 0.446. The van der Waals surface area contributed by atoms with E-state index in [1.807, 2.05) is 0 Å². The Hall–Kier alpha value is -0.330. The van der Waals surface area contributed by atoms with E-state index in [1.54, 1.807) is 0 Å². The van der Waals surface area contributed by atoms with Crippen molar-refractivity contribution in [3.8, 4) is 0 Å². The van der Waals surface area contributed by atoms with Crippen molar-refractivity contribution in [3.63, 3.8) is 0 Å². The molecule has 0 unspecified atom stereocenters. The van der Waals surface area contributed by atoms with E-state index in [0.717, 1.165) is 12.8 Å². The average molecular weight is 196 g/mol. The number of Topliss-reactive ketones (excluding diaryl/α,β-unsaturated/α-hetero) is 1. The Labute approximate surface area is 88.3 Å². The number of hydrogen-bond acceptors (Lipinski definition) is 1. The normalized spacial score (nSPS) is 21.8. The smallest absolute Gasteiger partial charge is 0.135 e. The molecule has 0 aromatic rings. The van der Waals surface area contributed by atoms with Crippen molar-refractivity contribution in [2.75, 3.05) is 0 Å². The first-order valence-electron chi connectivity index (χ1n) is 6.37. The van der Waals surface area contributed by atoms with Gasteiger partial charge in [-0.05, 0) is 19.3 Å². The molecule has 1 atom stereocenters. The van der Waals surface area contributed by atoms with Crippen LogP contribution >= 0.6 is 0 Å². The van der Waals surface area contributed by atoms with Gasteiger partial charge in [0, 0.05) is 12.3 Å². The molecule has 1 heteroatoms. The first-order valence-corrected chi connectivity index (χ1v) is 6.37. The van der Waals surface area contributed by atoms with Crippen molar-refractivity contribution < 1.29 is 4.79 Å². The Kier molecular flexibility index (Phi) is 5.89. The van der Waals surface area contributed by atoms with Gasteiger partial charge < -0.3 is 0 Å². The minimum Gasteiger partial charge on any atom is -0.299 e.